The van der Waals surface area contributed by atoms with Crippen LogP contribution in [0.4, 0.5) is 0 Å². The van der Waals surface area contributed by atoms with Crippen molar-refractivity contribution < 1.29 is 4.74 Å². The van der Waals surface area contributed by atoms with E-state index in [1.54, 1.807) is 0 Å². The molecule has 3 heterocycles. The highest BCUT2D eigenvalue weighted by Gasteiger charge is 2.29. The maximum Gasteiger partial charge on any atom is 0.149 e. The van der Waals surface area contributed by atoms with E-state index >= 15 is 0 Å². The average Bonchev–Trinajstić information content (AvgIpc) is 3.09. The summed E-state index contributed by atoms with van der Waals surface area (Å²) >= 11 is 0. The maximum atomic E-state index is 5.56. The number of ether oxygens (including phenoxy) is 1. The molecule has 0 saturated carbocycles. The van der Waals surface area contributed by atoms with Crippen LogP contribution in [0.2, 0.25) is 0 Å². The van der Waals surface area contributed by atoms with Crippen LogP contribution in [0.5, 0.6) is 0 Å². The van der Waals surface area contributed by atoms with Gasteiger partial charge < -0.3 is 4.74 Å². The van der Waals surface area contributed by atoms with Crippen LogP contribution in [-0.4, -0.2) is 51.0 Å². The van der Waals surface area contributed by atoms with E-state index in [1.165, 1.54) is 5.56 Å². The van der Waals surface area contributed by atoms with Crippen molar-refractivity contribution in [1.82, 2.24) is 24.6 Å². The number of hydrogen-bond donors (Lipinski definition) is 0. The maximum absolute atomic E-state index is 5.56. The second-order valence-corrected chi connectivity index (χ2v) is 6.81. The second kappa shape index (κ2) is 8.41. The van der Waals surface area contributed by atoms with Crippen LogP contribution in [0, 0.1) is 6.92 Å². The molecule has 1 fully saturated rings. The first-order chi connectivity index (χ1) is 13.3. The lowest BCUT2D eigenvalue weighted by Gasteiger charge is -2.34. The molecule has 0 N–H and O–H groups in total. The molecule has 3 aromatic rings. The minimum Gasteiger partial charge on any atom is -0.379 e. The Morgan fingerprint density at radius 1 is 1.07 bits per heavy atom. The summed E-state index contributed by atoms with van der Waals surface area (Å²) in [5.74, 6) is 1.79. The lowest BCUT2D eigenvalue weighted by molar-refractivity contribution is 0.0215. The smallest absolute Gasteiger partial charge is 0.149 e. The minimum atomic E-state index is 0.0413. The highest BCUT2D eigenvalue weighted by molar-refractivity contribution is 5.23. The molecule has 140 valence electrons. The summed E-state index contributed by atoms with van der Waals surface area (Å²) in [6.07, 6.45) is 4.68. The fourth-order valence-corrected chi connectivity index (χ4v) is 3.61. The first kappa shape index (κ1) is 17.8. The molecule has 27 heavy (non-hydrogen) atoms. The number of aryl methyl sites for hydroxylation is 3. The normalized spacial score (nSPS) is 16.3. The largest absolute Gasteiger partial charge is 0.379 e. The van der Waals surface area contributed by atoms with E-state index in [9.17, 15) is 0 Å². The number of hydrogen-bond acceptors (Lipinski definition) is 5. The molecule has 1 aliphatic rings. The van der Waals surface area contributed by atoms with Crippen molar-refractivity contribution in [1.29, 1.82) is 0 Å². The Kier molecular flexibility index (Phi) is 5.55. The summed E-state index contributed by atoms with van der Waals surface area (Å²) in [6.45, 7) is 6.01. The van der Waals surface area contributed by atoms with Gasteiger partial charge in [0, 0.05) is 32.0 Å². The fraction of sp³-hybridized carbons (Fsp3) is 0.381. The van der Waals surface area contributed by atoms with Gasteiger partial charge in [0.05, 0.1) is 19.3 Å². The Morgan fingerprint density at radius 2 is 1.89 bits per heavy atom. The number of benzene rings is 1. The molecule has 0 amide bonds. The van der Waals surface area contributed by atoms with Crippen LogP contribution < -0.4 is 0 Å². The van der Waals surface area contributed by atoms with Gasteiger partial charge >= 0.3 is 0 Å². The van der Waals surface area contributed by atoms with E-state index in [0.717, 1.165) is 56.5 Å². The van der Waals surface area contributed by atoms with Crippen molar-refractivity contribution in [3.63, 3.8) is 0 Å². The zero-order valence-electron chi connectivity index (χ0n) is 15.7. The van der Waals surface area contributed by atoms with Gasteiger partial charge in [-0.1, -0.05) is 36.4 Å². The summed E-state index contributed by atoms with van der Waals surface area (Å²) in [5.41, 5.74) is 2.45. The first-order valence-corrected chi connectivity index (χ1v) is 9.48. The number of aromatic nitrogens is 4. The van der Waals surface area contributed by atoms with E-state index < -0.39 is 0 Å². The van der Waals surface area contributed by atoms with Crippen molar-refractivity contribution in [2.45, 2.75) is 25.9 Å². The van der Waals surface area contributed by atoms with E-state index in [1.807, 2.05) is 31.5 Å². The standard InChI is InChI=1S/C21H25N5O/c1-17-23-21(26(24-17)11-9-18-6-3-2-4-7-18)20(19-8-5-10-22-16-19)25-12-14-27-15-13-25/h2-8,10,16,20H,9,11-15H2,1H3. The zero-order valence-corrected chi connectivity index (χ0v) is 15.7. The molecule has 1 aromatic carbocycles. The van der Waals surface area contributed by atoms with E-state index in [4.69, 9.17) is 14.8 Å². The Morgan fingerprint density at radius 3 is 2.63 bits per heavy atom. The molecule has 0 radical (unpaired) electrons. The average molecular weight is 363 g/mol. The molecule has 1 aliphatic heterocycles. The fourth-order valence-electron chi connectivity index (χ4n) is 3.61. The quantitative estimate of drug-likeness (QED) is 0.674. The number of morpholine rings is 1. The van der Waals surface area contributed by atoms with Crippen LogP contribution in [0.15, 0.2) is 54.9 Å². The summed E-state index contributed by atoms with van der Waals surface area (Å²) in [6, 6.07) is 14.7. The molecular formula is C21H25N5O. The third kappa shape index (κ3) is 4.23. The Balaban J connectivity index is 1.65. The molecule has 1 atom stereocenters. The van der Waals surface area contributed by atoms with Gasteiger partial charge in [-0.3, -0.25) is 9.88 Å². The van der Waals surface area contributed by atoms with Gasteiger partial charge in [-0.25, -0.2) is 9.67 Å². The molecule has 0 bridgehead atoms. The Hall–Kier alpha value is -2.57. The van der Waals surface area contributed by atoms with Gasteiger partial charge in [-0.2, -0.15) is 5.10 Å². The molecule has 6 heteroatoms. The third-order valence-corrected chi connectivity index (χ3v) is 4.92. The topological polar surface area (TPSA) is 56.1 Å². The van der Waals surface area contributed by atoms with Gasteiger partial charge in [0.25, 0.3) is 0 Å². The SMILES string of the molecule is Cc1nc(C(c2cccnc2)N2CCOCC2)n(CCc2ccccc2)n1. The Labute approximate surface area is 159 Å². The first-order valence-electron chi connectivity index (χ1n) is 9.48. The number of rotatable bonds is 6. The second-order valence-electron chi connectivity index (χ2n) is 6.81. The number of pyridine rings is 1. The molecular weight excluding hydrogens is 338 g/mol. The highest BCUT2D eigenvalue weighted by atomic mass is 16.5. The molecule has 0 spiro atoms. The van der Waals surface area contributed by atoms with E-state index in [2.05, 4.69) is 44.9 Å². The predicted octanol–water partition coefficient (Wildman–Crippen LogP) is 2.65. The lowest BCUT2D eigenvalue weighted by Crippen LogP contribution is -2.40. The van der Waals surface area contributed by atoms with Gasteiger partial charge in [-0.15, -0.1) is 0 Å². The van der Waals surface area contributed by atoms with E-state index in [0.29, 0.717) is 0 Å². The Bertz CT molecular complexity index is 844. The van der Waals surface area contributed by atoms with Crippen LogP contribution >= 0.6 is 0 Å². The highest BCUT2D eigenvalue weighted by Crippen LogP contribution is 2.28. The minimum absolute atomic E-state index is 0.0413. The van der Waals surface area contributed by atoms with Crippen LogP contribution in [0.25, 0.3) is 0 Å². The monoisotopic (exact) mass is 363 g/mol. The van der Waals surface area contributed by atoms with Crippen LogP contribution in [0.1, 0.15) is 28.8 Å². The molecule has 2 aromatic heterocycles. The summed E-state index contributed by atoms with van der Waals surface area (Å²) < 4.78 is 7.63. The summed E-state index contributed by atoms with van der Waals surface area (Å²) in [4.78, 5) is 11.6. The van der Waals surface area contributed by atoms with Gasteiger partial charge in [0.1, 0.15) is 11.6 Å². The van der Waals surface area contributed by atoms with E-state index in [-0.39, 0.29) is 6.04 Å². The third-order valence-electron chi connectivity index (χ3n) is 4.92. The summed E-state index contributed by atoms with van der Waals surface area (Å²) in [5, 5.41) is 4.69. The predicted molar refractivity (Wildman–Crippen MR) is 103 cm³/mol. The van der Waals surface area contributed by atoms with Crippen molar-refractivity contribution >= 4 is 0 Å². The molecule has 4 rings (SSSR count). The summed E-state index contributed by atoms with van der Waals surface area (Å²) in [7, 11) is 0. The van der Waals surface area contributed by atoms with Gasteiger partial charge in [-0.05, 0) is 30.5 Å². The van der Waals surface area contributed by atoms with Crippen molar-refractivity contribution in [2.75, 3.05) is 26.3 Å². The molecule has 1 saturated heterocycles. The van der Waals surface area contributed by atoms with Crippen LogP contribution in [-0.2, 0) is 17.7 Å². The van der Waals surface area contributed by atoms with Crippen LogP contribution in [0.3, 0.4) is 0 Å². The molecule has 6 nitrogen and oxygen atoms in total. The molecule has 1 unspecified atom stereocenters. The lowest BCUT2D eigenvalue weighted by atomic mass is 10.1. The molecule has 0 aliphatic carbocycles. The number of nitrogens with zero attached hydrogens (tertiary/aromatic N) is 5. The van der Waals surface area contributed by atoms with Gasteiger partial charge in [0.2, 0.25) is 0 Å². The van der Waals surface area contributed by atoms with Crippen molar-refractivity contribution in [3.8, 4) is 0 Å². The van der Waals surface area contributed by atoms with Gasteiger partial charge in [0.15, 0.2) is 0 Å². The van der Waals surface area contributed by atoms with Crippen molar-refractivity contribution in [3.05, 3.63) is 77.6 Å². The van der Waals surface area contributed by atoms with Crippen molar-refractivity contribution in [2.24, 2.45) is 0 Å². The zero-order chi connectivity index (χ0) is 18.5.